The average Bonchev–Trinajstić information content (AvgIpc) is 2.34. The van der Waals surface area contributed by atoms with Crippen LogP contribution in [-0.4, -0.2) is 23.8 Å². The van der Waals surface area contributed by atoms with Crippen LogP contribution in [0.1, 0.15) is 19.8 Å². The highest BCUT2D eigenvalue weighted by Gasteiger charge is 2.47. The van der Waals surface area contributed by atoms with Gasteiger partial charge >= 0.3 is 5.97 Å². The predicted octanol–water partition coefficient (Wildman–Crippen LogP) is 0.324. The minimum atomic E-state index is -0.839. The minimum absolute atomic E-state index is 0.253. The Morgan fingerprint density at radius 2 is 2.58 bits per heavy atom. The number of ether oxygens (including phenoxy) is 1. The van der Waals surface area contributed by atoms with Gasteiger partial charge in [-0.3, -0.25) is 4.79 Å². The van der Waals surface area contributed by atoms with E-state index in [1.807, 2.05) is 0 Å². The van der Waals surface area contributed by atoms with Crippen molar-refractivity contribution < 1.29 is 14.6 Å². The maximum absolute atomic E-state index is 11.2. The molecule has 66 valence electrons. The molecule has 3 nitrogen and oxygen atoms in total. The summed E-state index contributed by atoms with van der Waals surface area (Å²) in [6, 6.07) is 0. The molecule has 1 saturated heterocycles. The van der Waals surface area contributed by atoms with Gasteiger partial charge in [0.15, 0.2) is 0 Å². The predicted molar refractivity (Wildman–Crippen MR) is 43.1 cm³/mol. The lowest BCUT2D eigenvalue weighted by Crippen LogP contribution is -2.37. The molecule has 0 unspecified atom stereocenters. The normalized spacial score (nSPS) is 30.9. The molecule has 1 aliphatic rings. The Morgan fingerprint density at radius 1 is 1.92 bits per heavy atom. The number of carbonyl (C=O) groups excluding carboxylic acids is 1. The number of rotatable bonds is 2. The van der Waals surface area contributed by atoms with Gasteiger partial charge in [-0.2, -0.15) is 0 Å². The molecule has 0 radical (unpaired) electrons. The molecule has 1 aliphatic heterocycles. The SMILES string of the molecule is C#CC[C@@]1([C@H](C)O)CCOC1=O. The van der Waals surface area contributed by atoms with Crippen LogP contribution in [0.15, 0.2) is 0 Å². The first-order valence-electron chi connectivity index (χ1n) is 3.92. The summed E-state index contributed by atoms with van der Waals surface area (Å²) in [7, 11) is 0. The van der Waals surface area contributed by atoms with Gasteiger partial charge in [0.25, 0.3) is 0 Å². The molecule has 0 amide bonds. The van der Waals surface area contributed by atoms with Gasteiger partial charge in [-0.15, -0.1) is 12.3 Å². The smallest absolute Gasteiger partial charge is 0.315 e. The van der Waals surface area contributed by atoms with Gasteiger partial charge in [0.1, 0.15) is 5.41 Å². The van der Waals surface area contributed by atoms with Crippen LogP contribution in [0.2, 0.25) is 0 Å². The van der Waals surface area contributed by atoms with Crippen LogP contribution in [0, 0.1) is 17.8 Å². The van der Waals surface area contributed by atoms with E-state index in [4.69, 9.17) is 11.2 Å². The fraction of sp³-hybridized carbons (Fsp3) is 0.667. The molecule has 12 heavy (non-hydrogen) atoms. The second kappa shape index (κ2) is 3.16. The van der Waals surface area contributed by atoms with E-state index >= 15 is 0 Å². The number of hydrogen-bond acceptors (Lipinski definition) is 3. The van der Waals surface area contributed by atoms with Crippen LogP contribution in [-0.2, 0) is 9.53 Å². The average molecular weight is 168 g/mol. The van der Waals surface area contributed by atoms with E-state index < -0.39 is 11.5 Å². The van der Waals surface area contributed by atoms with E-state index in [-0.39, 0.29) is 12.4 Å². The summed E-state index contributed by atoms with van der Waals surface area (Å²) in [5, 5.41) is 9.41. The summed E-state index contributed by atoms with van der Waals surface area (Å²) in [4.78, 5) is 11.2. The van der Waals surface area contributed by atoms with Crippen molar-refractivity contribution in [3.63, 3.8) is 0 Å². The van der Waals surface area contributed by atoms with Gasteiger partial charge in [-0.1, -0.05) is 0 Å². The molecular formula is C9H12O3. The van der Waals surface area contributed by atoms with Crippen molar-refractivity contribution in [3.8, 4) is 12.3 Å². The number of esters is 1. The molecule has 3 heteroatoms. The molecule has 0 aliphatic carbocycles. The number of aliphatic hydroxyl groups is 1. The Labute approximate surface area is 71.7 Å². The number of cyclic esters (lactones) is 1. The van der Waals surface area contributed by atoms with Gasteiger partial charge in [0.2, 0.25) is 0 Å². The highest BCUT2D eigenvalue weighted by Crippen LogP contribution is 2.36. The van der Waals surface area contributed by atoms with Crippen molar-refractivity contribution in [2.75, 3.05) is 6.61 Å². The molecule has 0 aromatic carbocycles. The molecule has 1 N–H and O–H groups in total. The molecule has 0 bridgehead atoms. The van der Waals surface area contributed by atoms with Gasteiger partial charge < -0.3 is 9.84 Å². The van der Waals surface area contributed by atoms with Gasteiger partial charge in [0.05, 0.1) is 12.7 Å². The Bertz CT molecular complexity index is 226. The van der Waals surface area contributed by atoms with E-state index in [1.165, 1.54) is 0 Å². The maximum atomic E-state index is 11.2. The zero-order chi connectivity index (χ0) is 9.19. The molecule has 0 aromatic heterocycles. The van der Waals surface area contributed by atoms with E-state index in [0.29, 0.717) is 13.0 Å². The summed E-state index contributed by atoms with van der Waals surface area (Å²) in [6.07, 6.45) is 5.17. The number of terminal acetylenes is 1. The third-order valence-corrected chi connectivity index (χ3v) is 2.41. The van der Waals surface area contributed by atoms with Gasteiger partial charge in [-0.25, -0.2) is 0 Å². The first-order valence-corrected chi connectivity index (χ1v) is 3.92. The number of aliphatic hydroxyl groups excluding tert-OH is 1. The van der Waals surface area contributed by atoms with Crippen LogP contribution < -0.4 is 0 Å². The Kier molecular flexibility index (Phi) is 2.39. The molecule has 2 atom stereocenters. The first-order chi connectivity index (χ1) is 5.63. The first kappa shape index (κ1) is 9.08. The molecule has 1 rings (SSSR count). The molecule has 0 spiro atoms. The standard InChI is InChI=1S/C9H12O3/c1-3-4-9(7(2)10)5-6-12-8(9)11/h1,7,10H,4-6H2,2H3/t7-,9-/m0/s1. The summed E-state index contributed by atoms with van der Waals surface area (Å²) < 4.78 is 4.79. The molecule has 1 fully saturated rings. The van der Waals surface area contributed by atoms with Crippen molar-refractivity contribution in [1.29, 1.82) is 0 Å². The Hall–Kier alpha value is -1.01. The van der Waals surface area contributed by atoms with Gasteiger partial charge in [0, 0.05) is 12.8 Å². The lowest BCUT2D eigenvalue weighted by Gasteiger charge is -2.24. The monoisotopic (exact) mass is 168 g/mol. The maximum Gasteiger partial charge on any atom is 0.315 e. The lowest BCUT2D eigenvalue weighted by molar-refractivity contribution is -0.150. The minimum Gasteiger partial charge on any atom is -0.465 e. The highest BCUT2D eigenvalue weighted by molar-refractivity contribution is 5.79. The fourth-order valence-electron chi connectivity index (χ4n) is 1.44. The zero-order valence-electron chi connectivity index (χ0n) is 7.04. The van der Waals surface area contributed by atoms with Crippen molar-refractivity contribution in [2.24, 2.45) is 5.41 Å². The van der Waals surface area contributed by atoms with Crippen molar-refractivity contribution in [2.45, 2.75) is 25.9 Å². The number of carbonyl (C=O) groups is 1. The van der Waals surface area contributed by atoms with E-state index in [9.17, 15) is 9.90 Å². The highest BCUT2D eigenvalue weighted by atomic mass is 16.5. The summed E-state index contributed by atoms with van der Waals surface area (Å²) in [6.45, 7) is 1.94. The van der Waals surface area contributed by atoms with E-state index in [2.05, 4.69) is 5.92 Å². The van der Waals surface area contributed by atoms with E-state index in [0.717, 1.165) is 0 Å². The van der Waals surface area contributed by atoms with Crippen molar-refractivity contribution in [3.05, 3.63) is 0 Å². The fourth-order valence-corrected chi connectivity index (χ4v) is 1.44. The quantitative estimate of drug-likeness (QED) is 0.477. The molecular weight excluding hydrogens is 156 g/mol. The topological polar surface area (TPSA) is 46.5 Å². The molecule has 1 heterocycles. The van der Waals surface area contributed by atoms with Gasteiger partial charge in [-0.05, 0) is 6.92 Å². The van der Waals surface area contributed by atoms with Crippen LogP contribution in [0.3, 0.4) is 0 Å². The van der Waals surface area contributed by atoms with E-state index in [1.54, 1.807) is 6.92 Å². The third-order valence-electron chi connectivity index (χ3n) is 2.41. The van der Waals surface area contributed by atoms with Crippen LogP contribution in [0.25, 0.3) is 0 Å². The van der Waals surface area contributed by atoms with Crippen molar-refractivity contribution in [1.82, 2.24) is 0 Å². The summed E-state index contributed by atoms with van der Waals surface area (Å²) in [5.41, 5.74) is -0.839. The van der Waals surface area contributed by atoms with Crippen LogP contribution in [0.5, 0.6) is 0 Å². The van der Waals surface area contributed by atoms with Crippen molar-refractivity contribution >= 4 is 5.97 Å². The van der Waals surface area contributed by atoms with Crippen LogP contribution in [0.4, 0.5) is 0 Å². The largest absolute Gasteiger partial charge is 0.465 e. The lowest BCUT2D eigenvalue weighted by atomic mass is 9.78. The molecule has 0 aromatic rings. The second-order valence-electron chi connectivity index (χ2n) is 3.10. The third kappa shape index (κ3) is 1.19. The zero-order valence-corrected chi connectivity index (χ0v) is 7.04. The second-order valence-corrected chi connectivity index (χ2v) is 3.10. The molecule has 0 saturated carbocycles. The Morgan fingerprint density at radius 3 is 2.92 bits per heavy atom. The number of hydrogen-bond donors (Lipinski definition) is 1. The summed E-state index contributed by atoms with van der Waals surface area (Å²) in [5.74, 6) is 2.04. The van der Waals surface area contributed by atoms with Crippen LogP contribution >= 0.6 is 0 Å². The Balaban J connectivity index is 2.87. The summed E-state index contributed by atoms with van der Waals surface area (Å²) >= 11 is 0.